The summed E-state index contributed by atoms with van der Waals surface area (Å²) in [6.07, 6.45) is 0. The van der Waals surface area contributed by atoms with Gasteiger partial charge in [0.25, 0.3) is 0 Å². The minimum Gasteiger partial charge on any atom is -0.370 e. The Kier molecular flexibility index (Phi) is 2.69. The minimum atomic E-state index is 0.515. The number of hydrogen-bond acceptors (Lipinski definition) is 1. The molecule has 0 amide bonds. The van der Waals surface area contributed by atoms with Crippen molar-refractivity contribution < 1.29 is 0 Å². The topological polar surface area (TPSA) is 41.6 Å². The van der Waals surface area contributed by atoms with E-state index < -0.39 is 0 Å². The van der Waals surface area contributed by atoms with Crippen molar-refractivity contribution in [2.45, 2.75) is 0 Å². The van der Waals surface area contributed by atoms with Crippen LogP contribution in [-0.2, 0) is 0 Å². The van der Waals surface area contributed by atoms with Crippen LogP contribution in [-0.4, -0.2) is 25.0 Å². The first kappa shape index (κ1) is 8.59. The van der Waals surface area contributed by atoms with Gasteiger partial charge in [-0.1, -0.05) is 18.2 Å². The summed E-state index contributed by atoms with van der Waals surface area (Å²) in [6.45, 7) is 0. The Labute approximate surface area is 72.5 Å². The van der Waals surface area contributed by atoms with Crippen molar-refractivity contribution in [3.05, 3.63) is 30.3 Å². The third kappa shape index (κ3) is 2.27. The predicted molar refractivity (Wildman–Crippen MR) is 51.4 cm³/mol. The largest absolute Gasteiger partial charge is 0.370 e. The van der Waals surface area contributed by atoms with Crippen LogP contribution in [0.2, 0.25) is 0 Å². The quantitative estimate of drug-likeness (QED) is 0.499. The molecule has 0 fully saturated rings. The highest BCUT2D eigenvalue weighted by Crippen LogP contribution is 2.09. The van der Waals surface area contributed by atoms with Crippen LogP contribution in [0.25, 0.3) is 0 Å². The number of nitrogens with zero attached hydrogens (tertiary/aromatic N) is 2. The standard InChI is InChI=1S/C9H13N3/c1-12(2)9(10)11-8-6-4-3-5-7-8/h3-7H,1-2H3,(H2,10,11). The lowest BCUT2D eigenvalue weighted by Gasteiger charge is -2.09. The zero-order valence-corrected chi connectivity index (χ0v) is 7.36. The molecule has 0 saturated heterocycles. The molecule has 0 aromatic heterocycles. The molecule has 0 aliphatic carbocycles. The fraction of sp³-hybridized carbons (Fsp3) is 0.222. The van der Waals surface area contributed by atoms with Crippen LogP contribution in [0.15, 0.2) is 35.3 Å². The lowest BCUT2D eigenvalue weighted by atomic mass is 10.3. The van der Waals surface area contributed by atoms with E-state index in [9.17, 15) is 0 Å². The van der Waals surface area contributed by atoms with Gasteiger partial charge in [0.05, 0.1) is 5.69 Å². The number of hydrogen-bond donors (Lipinski definition) is 1. The molecule has 0 aliphatic rings. The fourth-order valence-corrected chi connectivity index (χ4v) is 0.735. The smallest absolute Gasteiger partial charge is 0.195 e. The normalized spacial score (nSPS) is 11.3. The van der Waals surface area contributed by atoms with Gasteiger partial charge in [-0.3, -0.25) is 0 Å². The first-order valence-electron chi connectivity index (χ1n) is 3.76. The second-order valence-electron chi connectivity index (χ2n) is 2.70. The molecule has 0 saturated carbocycles. The molecule has 3 heteroatoms. The van der Waals surface area contributed by atoms with Crippen LogP contribution in [0.5, 0.6) is 0 Å². The summed E-state index contributed by atoms with van der Waals surface area (Å²) >= 11 is 0. The first-order chi connectivity index (χ1) is 5.70. The molecule has 2 N–H and O–H groups in total. The summed E-state index contributed by atoms with van der Waals surface area (Å²) in [5.74, 6) is 0.515. The van der Waals surface area contributed by atoms with Gasteiger partial charge in [0.2, 0.25) is 0 Å². The van der Waals surface area contributed by atoms with Gasteiger partial charge in [-0.05, 0) is 12.1 Å². The molecule has 1 aromatic carbocycles. The van der Waals surface area contributed by atoms with Crippen molar-refractivity contribution in [3.8, 4) is 0 Å². The molecule has 1 rings (SSSR count). The fourth-order valence-electron chi connectivity index (χ4n) is 0.735. The molecule has 0 atom stereocenters. The van der Waals surface area contributed by atoms with Crippen LogP contribution in [0.1, 0.15) is 0 Å². The molecular weight excluding hydrogens is 150 g/mol. The van der Waals surface area contributed by atoms with Gasteiger partial charge >= 0.3 is 0 Å². The molecule has 3 nitrogen and oxygen atoms in total. The van der Waals surface area contributed by atoms with Crippen molar-refractivity contribution in [2.24, 2.45) is 10.7 Å². The number of aliphatic imine (C=N–C) groups is 1. The Bertz CT molecular complexity index is 264. The Hall–Kier alpha value is -1.51. The van der Waals surface area contributed by atoms with Gasteiger partial charge in [-0.25, -0.2) is 4.99 Å². The minimum absolute atomic E-state index is 0.515. The molecule has 0 unspecified atom stereocenters. The number of benzene rings is 1. The summed E-state index contributed by atoms with van der Waals surface area (Å²) in [4.78, 5) is 5.95. The van der Waals surface area contributed by atoms with Gasteiger partial charge in [0, 0.05) is 14.1 Å². The molecule has 0 aliphatic heterocycles. The summed E-state index contributed by atoms with van der Waals surface area (Å²) in [7, 11) is 3.73. The third-order valence-electron chi connectivity index (χ3n) is 1.46. The number of rotatable bonds is 1. The molecule has 0 heterocycles. The molecular formula is C9H13N3. The van der Waals surface area contributed by atoms with Crippen molar-refractivity contribution >= 4 is 11.6 Å². The summed E-state index contributed by atoms with van der Waals surface area (Å²) in [6, 6.07) is 9.64. The average Bonchev–Trinajstić information content (AvgIpc) is 2.06. The molecule has 0 radical (unpaired) electrons. The number of guanidine groups is 1. The molecule has 0 spiro atoms. The summed E-state index contributed by atoms with van der Waals surface area (Å²) in [5.41, 5.74) is 6.50. The van der Waals surface area contributed by atoms with Gasteiger partial charge in [-0.2, -0.15) is 0 Å². The average molecular weight is 163 g/mol. The van der Waals surface area contributed by atoms with E-state index in [-0.39, 0.29) is 0 Å². The Morgan fingerprint density at radius 3 is 2.33 bits per heavy atom. The van der Waals surface area contributed by atoms with Crippen molar-refractivity contribution in [1.82, 2.24) is 4.90 Å². The van der Waals surface area contributed by atoms with Crippen LogP contribution < -0.4 is 5.73 Å². The molecule has 64 valence electrons. The maximum Gasteiger partial charge on any atom is 0.195 e. The Morgan fingerprint density at radius 2 is 1.83 bits per heavy atom. The highest BCUT2D eigenvalue weighted by Gasteiger charge is 1.93. The van der Waals surface area contributed by atoms with Crippen molar-refractivity contribution in [3.63, 3.8) is 0 Å². The third-order valence-corrected chi connectivity index (χ3v) is 1.46. The SMILES string of the molecule is CN(C)C(N)=Nc1ccccc1. The highest BCUT2D eigenvalue weighted by atomic mass is 15.2. The van der Waals surface area contributed by atoms with Crippen LogP contribution in [0.3, 0.4) is 0 Å². The van der Waals surface area contributed by atoms with Gasteiger partial charge in [0.15, 0.2) is 5.96 Å². The zero-order chi connectivity index (χ0) is 8.97. The highest BCUT2D eigenvalue weighted by molar-refractivity contribution is 5.80. The van der Waals surface area contributed by atoms with E-state index in [1.54, 1.807) is 4.90 Å². The van der Waals surface area contributed by atoms with Crippen LogP contribution >= 0.6 is 0 Å². The van der Waals surface area contributed by atoms with Gasteiger partial charge in [0.1, 0.15) is 0 Å². The van der Waals surface area contributed by atoms with Crippen LogP contribution in [0, 0.1) is 0 Å². The Morgan fingerprint density at radius 1 is 1.25 bits per heavy atom. The van der Waals surface area contributed by atoms with E-state index in [1.807, 2.05) is 44.4 Å². The predicted octanol–water partition coefficient (Wildman–Crippen LogP) is 1.19. The van der Waals surface area contributed by atoms with Gasteiger partial charge < -0.3 is 10.6 Å². The van der Waals surface area contributed by atoms with E-state index in [0.29, 0.717) is 5.96 Å². The monoisotopic (exact) mass is 163 g/mol. The second-order valence-corrected chi connectivity index (χ2v) is 2.70. The van der Waals surface area contributed by atoms with E-state index in [2.05, 4.69) is 4.99 Å². The molecule has 12 heavy (non-hydrogen) atoms. The van der Waals surface area contributed by atoms with E-state index in [1.165, 1.54) is 0 Å². The summed E-state index contributed by atoms with van der Waals surface area (Å²) < 4.78 is 0. The lowest BCUT2D eigenvalue weighted by Crippen LogP contribution is -2.29. The second kappa shape index (κ2) is 3.76. The summed E-state index contributed by atoms with van der Waals surface area (Å²) in [5, 5.41) is 0. The zero-order valence-electron chi connectivity index (χ0n) is 7.36. The lowest BCUT2D eigenvalue weighted by molar-refractivity contribution is 0.615. The van der Waals surface area contributed by atoms with Crippen molar-refractivity contribution in [2.75, 3.05) is 14.1 Å². The molecule has 0 bridgehead atoms. The van der Waals surface area contributed by atoms with Gasteiger partial charge in [-0.15, -0.1) is 0 Å². The van der Waals surface area contributed by atoms with E-state index in [4.69, 9.17) is 5.73 Å². The van der Waals surface area contributed by atoms with E-state index in [0.717, 1.165) is 5.69 Å². The van der Waals surface area contributed by atoms with E-state index >= 15 is 0 Å². The molecule has 1 aromatic rings. The number of nitrogens with two attached hydrogens (primary N) is 1. The van der Waals surface area contributed by atoms with Crippen molar-refractivity contribution in [1.29, 1.82) is 0 Å². The first-order valence-corrected chi connectivity index (χ1v) is 3.76. The maximum absolute atomic E-state index is 5.62. The maximum atomic E-state index is 5.62. The number of para-hydroxylation sites is 1. The van der Waals surface area contributed by atoms with Crippen LogP contribution in [0.4, 0.5) is 5.69 Å². The Balaban J connectivity index is 2.81.